The van der Waals surface area contributed by atoms with Gasteiger partial charge in [-0.25, -0.2) is 0 Å². The van der Waals surface area contributed by atoms with Gasteiger partial charge in [0.25, 0.3) is 0 Å². The van der Waals surface area contributed by atoms with Gasteiger partial charge in [-0.05, 0) is 60.3 Å². The molecule has 0 unspecified atom stereocenters. The van der Waals surface area contributed by atoms with Crippen LogP contribution in [-0.4, -0.2) is 0 Å². The van der Waals surface area contributed by atoms with E-state index in [1.54, 1.807) is 23.9 Å². The monoisotopic (exact) mass is 460 g/mol. The molecule has 0 saturated carbocycles. The standard InChI is InChI=1S/C24H16N2S4/c1-3-9-17-15(7-1)23-19(27-25-17)11-5-13-21(23)29-30-22-14-6-12-20-24(22)16-8-2-4-10-18(16)26-28-20/h1-14,25-26H. The van der Waals surface area contributed by atoms with Gasteiger partial charge < -0.3 is 9.44 Å². The van der Waals surface area contributed by atoms with Crippen molar-refractivity contribution in [3.05, 3.63) is 84.9 Å². The first kappa shape index (κ1) is 18.6. The quantitative estimate of drug-likeness (QED) is 0.234. The van der Waals surface area contributed by atoms with Crippen LogP contribution in [0.1, 0.15) is 0 Å². The lowest BCUT2D eigenvalue weighted by Gasteiger charge is -2.24. The van der Waals surface area contributed by atoms with Crippen molar-refractivity contribution in [2.75, 3.05) is 9.44 Å². The Morgan fingerprint density at radius 3 is 1.47 bits per heavy atom. The van der Waals surface area contributed by atoms with Crippen molar-refractivity contribution in [1.29, 1.82) is 0 Å². The molecule has 0 amide bonds. The van der Waals surface area contributed by atoms with E-state index in [9.17, 15) is 0 Å². The Morgan fingerprint density at radius 2 is 0.967 bits per heavy atom. The maximum Gasteiger partial charge on any atom is 0.0522 e. The zero-order chi connectivity index (χ0) is 19.9. The molecule has 2 nitrogen and oxygen atoms in total. The molecule has 6 heteroatoms. The SMILES string of the molecule is c1ccc2c(c1)NSc1cccc(SSc3cccc4c3-c3ccccc3NS4)c1-2. The highest BCUT2D eigenvalue weighted by Gasteiger charge is 2.22. The molecule has 4 aromatic carbocycles. The van der Waals surface area contributed by atoms with E-state index >= 15 is 0 Å². The molecule has 2 heterocycles. The number of benzene rings is 4. The minimum Gasteiger partial charge on any atom is -0.325 e. The Balaban J connectivity index is 1.39. The molecule has 0 bridgehead atoms. The average Bonchev–Trinajstić information content (AvgIpc) is 2.82. The van der Waals surface area contributed by atoms with Gasteiger partial charge in [0.05, 0.1) is 11.4 Å². The lowest BCUT2D eigenvalue weighted by Crippen LogP contribution is -2.00. The van der Waals surface area contributed by atoms with Crippen molar-refractivity contribution in [3.63, 3.8) is 0 Å². The number of anilines is 2. The number of hydrogen-bond donors (Lipinski definition) is 2. The summed E-state index contributed by atoms with van der Waals surface area (Å²) in [5, 5.41) is 0. The summed E-state index contributed by atoms with van der Waals surface area (Å²) >= 11 is 3.39. The average molecular weight is 461 g/mol. The molecule has 4 aromatic rings. The van der Waals surface area contributed by atoms with Crippen molar-refractivity contribution in [2.24, 2.45) is 0 Å². The van der Waals surface area contributed by atoms with E-state index in [1.807, 2.05) is 21.6 Å². The predicted molar refractivity (Wildman–Crippen MR) is 134 cm³/mol. The summed E-state index contributed by atoms with van der Waals surface area (Å²) in [5.74, 6) is 0. The van der Waals surface area contributed by atoms with E-state index in [0.29, 0.717) is 0 Å². The van der Waals surface area contributed by atoms with E-state index in [1.165, 1.54) is 53.2 Å². The number of fused-ring (bicyclic) bond motifs is 6. The second-order valence-electron chi connectivity index (χ2n) is 6.92. The Morgan fingerprint density at radius 1 is 0.500 bits per heavy atom. The van der Waals surface area contributed by atoms with Crippen LogP contribution in [0.25, 0.3) is 22.3 Å². The second kappa shape index (κ2) is 7.85. The molecule has 2 N–H and O–H groups in total. The molecular formula is C24H16N2S4. The third kappa shape index (κ3) is 3.19. The lowest BCUT2D eigenvalue weighted by molar-refractivity contribution is 1.32. The van der Waals surface area contributed by atoms with Gasteiger partial charge in [-0.15, -0.1) is 0 Å². The largest absolute Gasteiger partial charge is 0.325 e. The number of hydrogen-bond acceptors (Lipinski definition) is 6. The normalized spacial score (nSPS) is 13.2. The lowest BCUT2D eigenvalue weighted by atomic mass is 10.0. The van der Waals surface area contributed by atoms with Crippen LogP contribution in [0.3, 0.4) is 0 Å². The van der Waals surface area contributed by atoms with Crippen molar-refractivity contribution >= 4 is 56.9 Å². The molecule has 0 spiro atoms. The van der Waals surface area contributed by atoms with Gasteiger partial charge >= 0.3 is 0 Å². The molecule has 30 heavy (non-hydrogen) atoms. The van der Waals surface area contributed by atoms with Crippen LogP contribution in [0.2, 0.25) is 0 Å². The highest BCUT2D eigenvalue weighted by Crippen LogP contribution is 2.53. The van der Waals surface area contributed by atoms with Crippen LogP contribution < -0.4 is 9.44 Å². The van der Waals surface area contributed by atoms with Gasteiger partial charge in [0.2, 0.25) is 0 Å². The summed E-state index contributed by atoms with van der Waals surface area (Å²) in [6.07, 6.45) is 0. The molecule has 0 radical (unpaired) electrons. The minimum absolute atomic E-state index is 1.18. The summed E-state index contributed by atoms with van der Waals surface area (Å²) < 4.78 is 6.93. The topological polar surface area (TPSA) is 24.1 Å². The van der Waals surface area contributed by atoms with Gasteiger partial charge in [0.15, 0.2) is 0 Å². The number of para-hydroxylation sites is 2. The first-order valence-electron chi connectivity index (χ1n) is 9.53. The molecule has 6 rings (SSSR count). The van der Waals surface area contributed by atoms with Crippen molar-refractivity contribution in [1.82, 2.24) is 0 Å². The summed E-state index contributed by atoms with van der Waals surface area (Å²) in [4.78, 5) is 5.15. The Kier molecular flexibility index (Phi) is 4.88. The van der Waals surface area contributed by atoms with E-state index in [0.717, 1.165) is 0 Å². The maximum atomic E-state index is 3.46. The van der Waals surface area contributed by atoms with Crippen molar-refractivity contribution in [3.8, 4) is 22.3 Å². The van der Waals surface area contributed by atoms with Crippen LogP contribution >= 0.6 is 45.5 Å². The van der Waals surface area contributed by atoms with Gasteiger partial charge in [0.1, 0.15) is 0 Å². The first-order valence-corrected chi connectivity index (χ1v) is 13.3. The van der Waals surface area contributed by atoms with Gasteiger partial charge in [-0.3, -0.25) is 0 Å². The summed E-state index contributed by atoms with van der Waals surface area (Å²) in [6.45, 7) is 0. The Labute approximate surface area is 192 Å². The highest BCUT2D eigenvalue weighted by atomic mass is 33.1. The third-order valence-electron chi connectivity index (χ3n) is 5.13. The zero-order valence-electron chi connectivity index (χ0n) is 15.7. The fourth-order valence-corrected chi connectivity index (χ4v) is 8.04. The summed E-state index contributed by atoms with van der Waals surface area (Å²) in [7, 11) is 3.69. The zero-order valence-corrected chi connectivity index (χ0v) is 19.0. The molecular weight excluding hydrogens is 445 g/mol. The molecule has 146 valence electrons. The molecule has 0 fully saturated rings. The molecule has 0 saturated heterocycles. The fraction of sp³-hybridized carbons (Fsp3) is 0. The number of rotatable bonds is 3. The van der Waals surface area contributed by atoms with Crippen molar-refractivity contribution < 1.29 is 0 Å². The fourth-order valence-electron chi connectivity index (χ4n) is 3.75. The first-order chi connectivity index (χ1) is 14.9. The van der Waals surface area contributed by atoms with Crippen LogP contribution in [0.15, 0.2) is 105 Å². The molecule has 2 aliphatic heterocycles. The highest BCUT2D eigenvalue weighted by molar-refractivity contribution is 8.76. The minimum atomic E-state index is 1.18. The molecule has 0 aromatic heterocycles. The van der Waals surface area contributed by atoms with Crippen LogP contribution in [0, 0.1) is 0 Å². The van der Waals surface area contributed by atoms with Gasteiger partial charge in [0, 0.05) is 41.8 Å². The smallest absolute Gasteiger partial charge is 0.0522 e. The maximum absolute atomic E-state index is 3.46. The Hall–Kier alpha value is -2.12. The van der Waals surface area contributed by atoms with Gasteiger partial charge in [-0.1, -0.05) is 70.1 Å². The van der Waals surface area contributed by atoms with E-state index in [4.69, 9.17) is 0 Å². The second-order valence-corrected chi connectivity index (χ2v) is 10.8. The number of nitrogens with one attached hydrogen (secondary N) is 2. The predicted octanol–water partition coefficient (Wildman–Crippen LogP) is 8.69. The van der Waals surface area contributed by atoms with Gasteiger partial charge in [-0.2, -0.15) is 0 Å². The molecule has 0 atom stereocenters. The van der Waals surface area contributed by atoms with E-state index in [2.05, 4.69) is 94.4 Å². The van der Waals surface area contributed by atoms with E-state index < -0.39 is 0 Å². The molecule has 2 aliphatic rings. The third-order valence-corrected chi connectivity index (χ3v) is 9.35. The molecule has 0 aliphatic carbocycles. The van der Waals surface area contributed by atoms with Crippen LogP contribution in [0.4, 0.5) is 11.4 Å². The Bertz CT molecular complexity index is 1170. The van der Waals surface area contributed by atoms with E-state index in [-0.39, 0.29) is 0 Å². The van der Waals surface area contributed by atoms with Crippen LogP contribution in [0.5, 0.6) is 0 Å². The van der Waals surface area contributed by atoms with Crippen LogP contribution in [-0.2, 0) is 0 Å². The summed E-state index contributed by atoms with van der Waals surface area (Å²) in [5.41, 5.74) is 7.57. The van der Waals surface area contributed by atoms with Crippen molar-refractivity contribution in [2.45, 2.75) is 19.6 Å². The summed E-state index contributed by atoms with van der Waals surface area (Å²) in [6, 6.07) is 30.3.